The van der Waals surface area contributed by atoms with Crippen molar-refractivity contribution in [2.75, 3.05) is 6.61 Å². The Kier molecular flexibility index (Phi) is 5.89. The number of rotatable bonds is 6. The number of nitrogens with two attached hydrogens (primary N) is 2. The number of amides is 1. The van der Waals surface area contributed by atoms with E-state index in [0.29, 0.717) is 34.5 Å². The van der Waals surface area contributed by atoms with Crippen molar-refractivity contribution >= 4 is 22.8 Å². The van der Waals surface area contributed by atoms with Crippen LogP contribution in [0.4, 0.5) is 0 Å². The van der Waals surface area contributed by atoms with Crippen molar-refractivity contribution in [1.82, 2.24) is 4.98 Å². The SMILES string of the molecule is CCCCOc1cccc2c(C(=O)N=C(N)N)cc(-c3ccccc3C)nc12. The van der Waals surface area contributed by atoms with E-state index in [9.17, 15) is 4.79 Å². The van der Waals surface area contributed by atoms with Crippen LogP contribution in [0, 0.1) is 6.92 Å². The van der Waals surface area contributed by atoms with Crippen LogP contribution < -0.4 is 16.2 Å². The molecular formula is C22H24N4O2. The third-order valence-electron chi connectivity index (χ3n) is 4.44. The van der Waals surface area contributed by atoms with Crippen molar-refractivity contribution in [3.05, 3.63) is 59.7 Å². The third kappa shape index (κ3) is 4.11. The molecule has 0 aliphatic heterocycles. The number of aromatic nitrogens is 1. The standard InChI is InChI=1S/C22H24N4O2/c1-3-4-12-28-19-11-7-10-16-17(21(27)26-22(23)24)13-18(25-20(16)19)15-9-6-5-8-14(15)2/h5-11,13H,3-4,12H2,1-2H3,(H4,23,24,26,27). The molecule has 0 aliphatic carbocycles. The second kappa shape index (κ2) is 8.52. The van der Waals surface area contributed by atoms with Crippen molar-refractivity contribution in [3.8, 4) is 17.0 Å². The quantitative estimate of drug-likeness (QED) is 0.387. The molecule has 6 nitrogen and oxygen atoms in total. The van der Waals surface area contributed by atoms with Gasteiger partial charge in [0, 0.05) is 10.9 Å². The molecule has 0 unspecified atom stereocenters. The van der Waals surface area contributed by atoms with Gasteiger partial charge in [0.25, 0.3) is 5.91 Å². The first kappa shape index (κ1) is 19.4. The molecule has 144 valence electrons. The van der Waals surface area contributed by atoms with Gasteiger partial charge in [0.05, 0.1) is 17.9 Å². The predicted octanol–water partition coefficient (Wildman–Crippen LogP) is 3.80. The summed E-state index contributed by atoms with van der Waals surface area (Å²) in [5.74, 6) is -0.143. The van der Waals surface area contributed by atoms with Gasteiger partial charge in [-0.1, -0.05) is 49.7 Å². The summed E-state index contributed by atoms with van der Waals surface area (Å²) < 4.78 is 5.94. The highest BCUT2D eigenvalue weighted by Crippen LogP contribution is 2.32. The molecule has 0 atom stereocenters. The van der Waals surface area contributed by atoms with Gasteiger partial charge >= 0.3 is 0 Å². The van der Waals surface area contributed by atoms with Gasteiger partial charge in [0.2, 0.25) is 0 Å². The lowest BCUT2D eigenvalue weighted by molar-refractivity contribution is 0.100. The Balaban J connectivity index is 2.24. The Morgan fingerprint density at radius 2 is 1.93 bits per heavy atom. The lowest BCUT2D eigenvalue weighted by atomic mass is 10.0. The molecule has 0 saturated heterocycles. The van der Waals surface area contributed by atoms with Crippen LogP contribution in [0.25, 0.3) is 22.2 Å². The van der Waals surface area contributed by atoms with Gasteiger partial charge in [0.15, 0.2) is 5.96 Å². The zero-order valence-corrected chi connectivity index (χ0v) is 16.1. The molecule has 1 amide bonds. The van der Waals surface area contributed by atoms with Crippen molar-refractivity contribution in [1.29, 1.82) is 0 Å². The summed E-state index contributed by atoms with van der Waals surface area (Å²) in [5, 5.41) is 0.654. The number of ether oxygens (including phenoxy) is 1. The molecule has 6 heteroatoms. The van der Waals surface area contributed by atoms with Crippen LogP contribution in [0.5, 0.6) is 5.75 Å². The van der Waals surface area contributed by atoms with E-state index in [0.717, 1.165) is 24.0 Å². The monoisotopic (exact) mass is 376 g/mol. The van der Waals surface area contributed by atoms with Crippen molar-refractivity contribution in [3.63, 3.8) is 0 Å². The Labute approximate surface area is 164 Å². The van der Waals surface area contributed by atoms with E-state index in [4.69, 9.17) is 21.2 Å². The first-order valence-electron chi connectivity index (χ1n) is 9.27. The molecule has 0 aliphatic rings. The number of hydrogen-bond acceptors (Lipinski definition) is 3. The fourth-order valence-electron chi connectivity index (χ4n) is 3.02. The third-order valence-corrected chi connectivity index (χ3v) is 4.44. The molecule has 0 radical (unpaired) electrons. The average Bonchev–Trinajstić information content (AvgIpc) is 2.67. The van der Waals surface area contributed by atoms with Crippen LogP contribution in [0.1, 0.15) is 35.7 Å². The first-order valence-corrected chi connectivity index (χ1v) is 9.27. The van der Waals surface area contributed by atoms with E-state index in [2.05, 4.69) is 11.9 Å². The number of carbonyl (C=O) groups excluding carboxylic acids is 1. The number of unbranched alkanes of at least 4 members (excludes halogenated alkanes) is 1. The van der Waals surface area contributed by atoms with Crippen LogP contribution in [0.15, 0.2) is 53.5 Å². The zero-order valence-electron chi connectivity index (χ0n) is 16.1. The van der Waals surface area contributed by atoms with Gasteiger partial charge < -0.3 is 16.2 Å². The maximum absolute atomic E-state index is 12.7. The molecule has 3 aromatic rings. The summed E-state index contributed by atoms with van der Waals surface area (Å²) in [4.78, 5) is 21.2. The summed E-state index contributed by atoms with van der Waals surface area (Å²) in [6, 6.07) is 15.1. The fraction of sp³-hybridized carbons (Fsp3) is 0.227. The Hall–Kier alpha value is -3.41. The molecule has 0 spiro atoms. The van der Waals surface area contributed by atoms with E-state index in [1.165, 1.54) is 0 Å². The fourth-order valence-corrected chi connectivity index (χ4v) is 3.02. The lowest BCUT2D eigenvalue weighted by Crippen LogP contribution is -2.24. The topological polar surface area (TPSA) is 104 Å². The lowest BCUT2D eigenvalue weighted by Gasteiger charge is -2.13. The molecule has 0 bridgehead atoms. The van der Waals surface area contributed by atoms with Crippen molar-refractivity contribution in [2.24, 2.45) is 16.5 Å². The van der Waals surface area contributed by atoms with Crippen LogP contribution in [0.3, 0.4) is 0 Å². The summed E-state index contributed by atoms with van der Waals surface area (Å²) >= 11 is 0. The highest BCUT2D eigenvalue weighted by Gasteiger charge is 2.17. The number of aryl methyl sites for hydroxylation is 1. The molecule has 0 saturated carbocycles. The highest BCUT2D eigenvalue weighted by atomic mass is 16.5. The number of carbonyl (C=O) groups is 1. The molecule has 4 N–H and O–H groups in total. The zero-order chi connectivity index (χ0) is 20.1. The van der Waals surface area contributed by atoms with Crippen LogP contribution >= 0.6 is 0 Å². The molecule has 1 heterocycles. The largest absolute Gasteiger partial charge is 0.491 e. The van der Waals surface area contributed by atoms with E-state index in [1.807, 2.05) is 49.4 Å². The maximum atomic E-state index is 12.7. The first-order chi connectivity index (χ1) is 13.5. The summed E-state index contributed by atoms with van der Waals surface area (Å²) in [5.41, 5.74) is 14.5. The van der Waals surface area contributed by atoms with Gasteiger partial charge in [-0.2, -0.15) is 4.99 Å². The summed E-state index contributed by atoms with van der Waals surface area (Å²) in [6.07, 6.45) is 1.97. The molecule has 1 aromatic heterocycles. The van der Waals surface area contributed by atoms with Crippen molar-refractivity contribution < 1.29 is 9.53 Å². The Bertz CT molecular complexity index is 1040. The van der Waals surface area contributed by atoms with Gasteiger partial charge in [-0.3, -0.25) is 4.79 Å². The normalized spacial score (nSPS) is 10.6. The van der Waals surface area contributed by atoms with Crippen molar-refractivity contribution in [2.45, 2.75) is 26.7 Å². The second-order valence-electron chi connectivity index (χ2n) is 6.57. The van der Waals surface area contributed by atoms with Crippen LogP contribution in [-0.4, -0.2) is 23.5 Å². The smallest absolute Gasteiger partial charge is 0.280 e. The predicted molar refractivity (Wildman–Crippen MR) is 112 cm³/mol. The molecule has 2 aromatic carbocycles. The molecule has 3 rings (SSSR count). The Morgan fingerprint density at radius 1 is 1.14 bits per heavy atom. The van der Waals surface area contributed by atoms with E-state index >= 15 is 0 Å². The number of nitrogens with zero attached hydrogens (tertiary/aromatic N) is 2. The summed E-state index contributed by atoms with van der Waals surface area (Å²) in [7, 11) is 0. The van der Waals surface area contributed by atoms with E-state index in [-0.39, 0.29) is 5.96 Å². The number of aliphatic imine (C=N–C) groups is 1. The second-order valence-corrected chi connectivity index (χ2v) is 6.57. The van der Waals surface area contributed by atoms with Gasteiger partial charge in [0.1, 0.15) is 11.3 Å². The molecule has 0 fully saturated rings. The number of pyridine rings is 1. The number of para-hydroxylation sites is 1. The number of benzene rings is 2. The minimum absolute atomic E-state index is 0.275. The number of fused-ring (bicyclic) bond motifs is 1. The number of guanidine groups is 1. The minimum atomic E-state index is -0.507. The number of hydrogen-bond donors (Lipinski definition) is 2. The van der Waals surface area contributed by atoms with Gasteiger partial charge in [-0.05, 0) is 31.0 Å². The van der Waals surface area contributed by atoms with E-state index in [1.54, 1.807) is 6.07 Å². The van der Waals surface area contributed by atoms with Gasteiger partial charge in [-0.15, -0.1) is 0 Å². The molecular weight excluding hydrogens is 352 g/mol. The maximum Gasteiger partial charge on any atom is 0.280 e. The summed E-state index contributed by atoms with van der Waals surface area (Å²) in [6.45, 7) is 4.69. The van der Waals surface area contributed by atoms with E-state index < -0.39 is 5.91 Å². The Morgan fingerprint density at radius 3 is 2.64 bits per heavy atom. The van der Waals surface area contributed by atoms with Gasteiger partial charge in [-0.25, -0.2) is 4.98 Å². The van der Waals surface area contributed by atoms with Crippen LogP contribution in [-0.2, 0) is 0 Å². The molecule has 28 heavy (non-hydrogen) atoms. The minimum Gasteiger partial charge on any atom is -0.491 e. The average molecular weight is 376 g/mol. The highest BCUT2D eigenvalue weighted by molar-refractivity contribution is 6.11. The van der Waals surface area contributed by atoms with Crippen LogP contribution in [0.2, 0.25) is 0 Å².